The van der Waals surface area contributed by atoms with Gasteiger partial charge in [0.2, 0.25) is 0 Å². The third kappa shape index (κ3) is 4.43. The molecule has 0 spiro atoms. The summed E-state index contributed by atoms with van der Waals surface area (Å²) in [5.41, 5.74) is 6.55. The predicted octanol–water partition coefficient (Wildman–Crippen LogP) is 2.63. The maximum atomic E-state index is 13.3. The number of likely N-dealkylation sites (tertiary alicyclic amines) is 1. The van der Waals surface area contributed by atoms with E-state index in [-0.39, 0.29) is 18.6 Å². The van der Waals surface area contributed by atoms with Crippen molar-refractivity contribution in [2.45, 2.75) is 38.6 Å². The summed E-state index contributed by atoms with van der Waals surface area (Å²) in [4.78, 5) is 14.0. The second-order valence-corrected chi connectivity index (χ2v) is 5.55. The Bertz CT molecular complexity index is 483. The fourth-order valence-corrected chi connectivity index (χ4v) is 2.56. The zero-order chi connectivity index (χ0) is 15.2. The van der Waals surface area contributed by atoms with Crippen molar-refractivity contribution < 1.29 is 13.9 Å². The summed E-state index contributed by atoms with van der Waals surface area (Å²) < 4.78 is 18.9. The SMILES string of the molecule is C[C@@H](N)c1ccc(F)cc1OCC(=O)N1CCCCCC1. The van der Waals surface area contributed by atoms with E-state index in [1.807, 2.05) is 4.90 Å². The monoisotopic (exact) mass is 294 g/mol. The number of benzene rings is 1. The molecule has 1 heterocycles. The lowest BCUT2D eigenvalue weighted by Crippen LogP contribution is -2.35. The number of halogens is 1. The van der Waals surface area contributed by atoms with E-state index >= 15 is 0 Å². The van der Waals surface area contributed by atoms with Gasteiger partial charge in [-0.3, -0.25) is 4.79 Å². The molecule has 1 aliphatic heterocycles. The van der Waals surface area contributed by atoms with E-state index in [1.165, 1.54) is 25.0 Å². The first-order valence-electron chi connectivity index (χ1n) is 7.53. The molecule has 0 bridgehead atoms. The van der Waals surface area contributed by atoms with Gasteiger partial charge in [0.05, 0.1) is 0 Å². The number of nitrogens with zero attached hydrogens (tertiary/aromatic N) is 1. The number of amides is 1. The van der Waals surface area contributed by atoms with Crippen LogP contribution in [-0.4, -0.2) is 30.5 Å². The molecule has 0 unspecified atom stereocenters. The Balaban J connectivity index is 1.98. The van der Waals surface area contributed by atoms with E-state index in [0.29, 0.717) is 11.3 Å². The van der Waals surface area contributed by atoms with E-state index < -0.39 is 5.82 Å². The Morgan fingerprint density at radius 3 is 2.62 bits per heavy atom. The van der Waals surface area contributed by atoms with Gasteiger partial charge in [-0.2, -0.15) is 0 Å². The summed E-state index contributed by atoms with van der Waals surface area (Å²) in [5.74, 6) is -0.0819. The molecule has 0 radical (unpaired) electrons. The standard InChI is InChI=1S/C16H23FN2O2/c1-12(18)14-7-6-13(17)10-15(14)21-11-16(20)19-8-4-2-3-5-9-19/h6-7,10,12H,2-5,8-9,11,18H2,1H3/t12-/m1/s1. The average molecular weight is 294 g/mol. The molecule has 0 aromatic heterocycles. The van der Waals surface area contributed by atoms with Gasteiger partial charge in [0.15, 0.2) is 6.61 Å². The van der Waals surface area contributed by atoms with Crippen molar-refractivity contribution in [3.63, 3.8) is 0 Å². The van der Waals surface area contributed by atoms with Crippen LogP contribution in [0.25, 0.3) is 0 Å². The van der Waals surface area contributed by atoms with Gasteiger partial charge < -0.3 is 15.4 Å². The first-order valence-corrected chi connectivity index (χ1v) is 7.53. The molecule has 1 amide bonds. The fourth-order valence-electron chi connectivity index (χ4n) is 2.56. The van der Waals surface area contributed by atoms with Crippen LogP contribution in [0.3, 0.4) is 0 Å². The minimum absolute atomic E-state index is 0.0446. The van der Waals surface area contributed by atoms with Crippen LogP contribution in [0.15, 0.2) is 18.2 Å². The van der Waals surface area contributed by atoms with Gasteiger partial charge in [0, 0.05) is 30.8 Å². The Morgan fingerprint density at radius 2 is 2.00 bits per heavy atom. The number of carbonyl (C=O) groups is 1. The Hall–Kier alpha value is -1.62. The molecule has 1 aromatic carbocycles. The maximum absolute atomic E-state index is 13.3. The molecular formula is C16H23FN2O2. The minimum Gasteiger partial charge on any atom is -0.483 e. The summed E-state index contributed by atoms with van der Waals surface area (Å²) in [6.07, 6.45) is 4.42. The Labute approximate surface area is 125 Å². The molecule has 1 saturated heterocycles. The van der Waals surface area contributed by atoms with E-state index in [2.05, 4.69) is 0 Å². The molecule has 2 N–H and O–H groups in total. The fraction of sp³-hybridized carbons (Fsp3) is 0.562. The number of hydrogen-bond acceptors (Lipinski definition) is 3. The van der Waals surface area contributed by atoms with Gasteiger partial charge >= 0.3 is 0 Å². The van der Waals surface area contributed by atoms with Crippen LogP contribution in [-0.2, 0) is 4.79 Å². The predicted molar refractivity (Wildman–Crippen MR) is 79.5 cm³/mol. The zero-order valence-corrected chi connectivity index (χ0v) is 12.5. The highest BCUT2D eigenvalue weighted by Gasteiger charge is 2.17. The summed E-state index contributed by atoms with van der Waals surface area (Å²) in [5, 5.41) is 0. The number of nitrogens with two attached hydrogens (primary N) is 1. The quantitative estimate of drug-likeness (QED) is 0.928. The number of rotatable bonds is 4. The molecule has 116 valence electrons. The lowest BCUT2D eigenvalue weighted by Gasteiger charge is -2.21. The van der Waals surface area contributed by atoms with E-state index in [1.54, 1.807) is 13.0 Å². The Morgan fingerprint density at radius 1 is 1.33 bits per heavy atom. The van der Waals surface area contributed by atoms with Crippen molar-refractivity contribution in [2.24, 2.45) is 5.73 Å². The third-order valence-electron chi connectivity index (χ3n) is 3.78. The zero-order valence-electron chi connectivity index (χ0n) is 12.5. The number of carbonyl (C=O) groups excluding carboxylic acids is 1. The molecule has 4 nitrogen and oxygen atoms in total. The van der Waals surface area contributed by atoms with Gasteiger partial charge in [-0.1, -0.05) is 18.9 Å². The summed E-state index contributed by atoms with van der Waals surface area (Å²) in [7, 11) is 0. The van der Waals surface area contributed by atoms with Crippen LogP contribution >= 0.6 is 0 Å². The van der Waals surface area contributed by atoms with Crippen LogP contribution in [0.1, 0.15) is 44.2 Å². The second-order valence-electron chi connectivity index (χ2n) is 5.55. The minimum atomic E-state index is -0.392. The third-order valence-corrected chi connectivity index (χ3v) is 3.78. The van der Waals surface area contributed by atoms with Gasteiger partial charge in [0.25, 0.3) is 5.91 Å². The van der Waals surface area contributed by atoms with Crippen molar-refractivity contribution in [1.82, 2.24) is 4.90 Å². The van der Waals surface area contributed by atoms with Crippen LogP contribution in [0.5, 0.6) is 5.75 Å². The number of hydrogen-bond donors (Lipinski definition) is 1. The first-order chi connectivity index (χ1) is 10.1. The first kappa shape index (κ1) is 15.8. The second kappa shape index (κ2) is 7.41. The van der Waals surface area contributed by atoms with Crippen LogP contribution < -0.4 is 10.5 Å². The largest absolute Gasteiger partial charge is 0.483 e. The molecule has 0 aliphatic carbocycles. The smallest absolute Gasteiger partial charge is 0.260 e. The topological polar surface area (TPSA) is 55.6 Å². The number of ether oxygens (including phenoxy) is 1. The molecule has 0 saturated carbocycles. The molecule has 2 rings (SSSR count). The lowest BCUT2D eigenvalue weighted by molar-refractivity contribution is -0.133. The van der Waals surface area contributed by atoms with Crippen molar-refractivity contribution >= 4 is 5.91 Å². The van der Waals surface area contributed by atoms with E-state index in [9.17, 15) is 9.18 Å². The van der Waals surface area contributed by atoms with E-state index in [4.69, 9.17) is 10.5 Å². The highest BCUT2D eigenvalue weighted by atomic mass is 19.1. The van der Waals surface area contributed by atoms with Crippen molar-refractivity contribution in [1.29, 1.82) is 0 Å². The van der Waals surface area contributed by atoms with Gasteiger partial charge in [0.1, 0.15) is 11.6 Å². The van der Waals surface area contributed by atoms with E-state index in [0.717, 1.165) is 25.9 Å². The Kier molecular flexibility index (Phi) is 5.56. The van der Waals surface area contributed by atoms with Gasteiger partial charge in [-0.05, 0) is 25.8 Å². The molecule has 1 fully saturated rings. The average Bonchev–Trinajstić information content (AvgIpc) is 2.73. The highest BCUT2D eigenvalue weighted by molar-refractivity contribution is 5.77. The summed E-state index contributed by atoms with van der Waals surface area (Å²) in [6.45, 7) is 3.30. The highest BCUT2D eigenvalue weighted by Crippen LogP contribution is 2.25. The molecule has 5 heteroatoms. The van der Waals surface area contributed by atoms with Crippen LogP contribution in [0.4, 0.5) is 4.39 Å². The summed E-state index contributed by atoms with van der Waals surface area (Å²) >= 11 is 0. The summed E-state index contributed by atoms with van der Waals surface area (Å²) in [6, 6.07) is 3.97. The molecule has 1 aromatic rings. The molecular weight excluding hydrogens is 271 g/mol. The molecule has 21 heavy (non-hydrogen) atoms. The van der Waals surface area contributed by atoms with Gasteiger partial charge in [-0.15, -0.1) is 0 Å². The normalized spacial score (nSPS) is 17.2. The molecule has 1 atom stereocenters. The lowest BCUT2D eigenvalue weighted by atomic mass is 10.1. The molecule has 1 aliphatic rings. The van der Waals surface area contributed by atoms with Crippen LogP contribution in [0, 0.1) is 5.82 Å². The van der Waals surface area contributed by atoms with Crippen molar-refractivity contribution in [3.8, 4) is 5.75 Å². The van der Waals surface area contributed by atoms with Crippen molar-refractivity contribution in [3.05, 3.63) is 29.6 Å². The van der Waals surface area contributed by atoms with Gasteiger partial charge in [-0.25, -0.2) is 4.39 Å². The van der Waals surface area contributed by atoms with Crippen LogP contribution in [0.2, 0.25) is 0 Å². The van der Waals surface area contributed by atoms with Crippen molar-refractivity contribution in [2.75, 3.05) is 19.7 Å². The maximum Gasteiger partial charge on any atom is 0.260 e.